The molecule has 0 radical (unpaired) electrons. The molecule has 2 aliphatic heterocycles. The maximum absolute atomic E-state index is 12.8. The Balaban J connectivity index is 1.19. The minimum absolute atomic E-state index is 0.0958. The second kappa shape index (κ2) is 10.6. The van der Waals surface area contributed by atoms with E-state index in [4.69, 9.17) is 4.52 Å². The molecule has 0 bridgehead atoms. The van der Waals surface area contributed by atoms with E-state index in [0.29, 0.717) is 17.7 Å². The van der Waals surface area contributed by atoms with Crippen molar-refractivity contribution in [2.24, 2.45) is 5.92 Å². The zero-order valence-electron chi connectivity index (χ0n) is 19.6. The van der Waals surface area contributed by atoms with Crippen LogP contribution < -0.4 is 5.32 Å². The van der Waals surface area contributed by atoms with Crippen LogP contribution in [0.15, 0.2) is 40.9 Å². The van der Waals surface area contributed by atoms with Crippen molar-refractivity contribution in [2.45, 2.75) is 62.9 Å². The summed E-state index contributed by atoms with van der Waals surface area (Å²) in [7, 11) is 2.23. The third-order valence-corrected chi connectivity index (χ3v) is 8.80. The lowest BCUT2D eigenvalue weighted by molar-refractivity contribution is 0.0904. The number of amides is 1. The highest BCUT2D eigenvalue weighted by molar-refractivity contribution is 7.97. The molecule has 6 nitrogen and oxygen atoms in total. The van der Waals surface area contributed by atoms with Gasteiger partial charge in [0.1, 0.15) is 5.76 Å². The molecule has 2 unspecified atom stereocenters. The zero-order valence-corrected chi connectivity index (χ0v) is 20.4. The van der Waals surface area contributed by atoms with Crippen molar-refractivity contribution in [1.29, 1.82) is 0 Å². The average molecular weight is 469 g/mol. The fourth-order valence-electron chi connectivity index (χ4n) is 5.05. The van der Waals surface area contributed by atoms with E-state index in [1.165, 1.54) is 37.2 Å². The summed E-state index contributed by atoms with van der Waals surface area (Å²) >= 11 is 2.04. The molecule has 1 N–H and O–H groups in total. The molecular weight excluding hydrogens is 432 g/mol. The quantitative estimate of drug-likeness (QED) is 0.582. The second-order valence-corrected chi connectivity index (χ2v) is 11.2. The number of nitrogens with one attached hydrogen (secondary N) is 1. The number of rotatable bonds is 8. The standard InChI is InChI=1S/C26H36N4O2S/c1-29-12-9-20(10-13-29)18-33-30-14-11-22(16-23(30)15-19-5-3-2-4-6-19)27-26(31)24-17-25(32-28-24)21-7-8-21/h2-6,17,20-23H,7-16,18H2,1H3,(H,27,31). The summed E-state index contributed by atoms with van der Waals surface area (Å²) in [4.78, 5) is 15.3. The monoisotopic (exact) mass is 468 g/mol. The molecule has 2 saturated heterocycles. The third-order valence-electron chi connectivity index (χ3n) is 7.37. The Hall–Kier alpha value is -1.83. The Labute approximate surface area is 201 Å². The minimum atomic E-state index is -0.0958. The van der Waals surface area contributed by atoms with Crippen LogP contribution in [0.5, 0.6) is 0 Å². The van der Waals surface area contributed by atoms with Crippen LogP contribution in [-0.4, -0.2) is 64.8 Å². The highest BCUT2D eigenvalue weighted by atomic mass is 32.2. The van der Waals surface area contributed by atoms with E-state index in [2.05, 4.69) is 57.1 Å². The van der Waals surface area contributed by atoms with Gasteiger partial charge in [-0.3, -0.25) is 4.79 Å². The van der Waals surface area contributed by atoms with Crippen molar-refractivity contribution in [1.82, 2.24) is 19.7 Å². The first kappa shape index (κ1) is 22.9. The van der Waals surface area contributed by atoms with Gasteiger partial charge in [-0.1, -0.05) is 47.4 Å². The van der Waals surface area contributed by atoms with Crippen LogP contribution in [0.4, 0.5) is 0 Å². The molecule has 7 heteroatoms. The zero-order chi connectivity index (χ0) is 22.6. The lowest BCUT2D eigenvalue weighted by Crippen LogP contribution is -2.48. The van der Waals surface area contributed by atoms with Crippen LogP contribution >= 0.6 is 11.9 Å². The highest BCUT2D eigenvalue weighted by Gasteiger charge is 2.32. The summed E-state index contributed by atoms with van der Waals surface area (Å²) < 4.78 is 7.99. The topological polar surface area (TPSA) is 61.6 Å². The smallest absolute Gasteiger partial charge is 0.273 e. The maximum Gasteiger partial charge on any atom is 0.273 e. The number of carbonyl (C=O) groups excluding carboxylic acids is 1. The predicted octanol–water partition coefficient (Wildman–Crippen LogP) is 4.35. The molecule has 33 heavy (non-hydrogen) atoms. The Kier molecular flexibility index (Phi) is 7.38. The van der Waals surface area contributed by atoms with Crippen LogP contribution in [0, 0.1) is 5.92 Å². The molecule has 3 aliphatic rings. The first-order valence-electron chi connectivity index (χ1n) is 12.5. The molecule has 1 saturated carbocycles. The van der Waals surface area contributed by atoms with Crippen molar-refractivity contribution >= 4 is 17.9 Å². The van der Waals surface area contributed by atoms with Gasteiger partial charge in [0.15, 0.2) is 5.69 Å². The summed E-state index contributed by atoms with van der Waals surface area (Å²) in [5.74, 6) is 3.26. The molecule has 2 aromatic rings. The molecule has 3 fully saturated rings. The normalized spacial score (nSPS) is 25.2. The Bertz CT molecular complexity index is 908. The van der Waals surface area contributed by atoms with Crippen LogP contribution in [-0.2, 0) is 6.42 Å². The van der Waals surface area contributed by atoms with E-state index in [1.54, 1.807) is 0 Å². The van der Waals surface area contributed by atoms with E-state index in [9.17, 15) is 4.79 Å². The summed E-state index contributed by atoms with van der Waals surface area (Å²) in [6.45, 7) is 3.44. The molecule has 2 atom stereocenters. The van der Waals surface area contributed by atoms with E-state index < -0.39 is 0 Å². The Morgan fingerprint density at radius 2 is 1.91 bits per heavy atom. The SMILES string of the molecule is CN1CCC(CSN2CCC(NC(=O)c3cc(C4CC4)on3)CC2Cc2ccccc2)CC1. The van der Waals surface area contributed by atoms with Gasteiger partial charge in [0, 0.05) is 36.4 Å². The number of piperidine rings is 2. The van der Waals surface area contributed by atoms with E-state index >= 15 is 0 Å². The Morgan fingerprint density at radius 1 is 1.12 bits per heavy atom. The summed E-state index contributed by atoms with van der Waals surface area (Å²) in [6, 6.07) is 13.2. The van der Waals surface area contributed by atoms with Gasteiger partial charge >= 0.3 is 0 Å². The molecule has 3 heterocycles. The van der Waals surface area contributed by atoms with Gasteiger partial charge in [-0.05, 0) is 76.6 Å². The number of hydrogen-bond acceptors (Lipinski definition) is 6. The van der Waals surface area contributed by atoms with E-state index in [-0.39, 0.29) is 11.9 Å². The van der Waals surface area contributed by atoms with Crippen molar-refractivity contribution < 1.29 is 9.32 Å². The molecule has 1 aromatic heterocycles. The van der Waals surface area contributed by atoms with Gasteiger partial charge < -0.3 is 14.7 Å². The van der Waals surface area contributed by atoms with Gasteiger partial charge in [0.25, 0.3) is 5.91 Å². The second-order valence-electron chi connectivity index (χ2n) is 10.1. The summed E-state index contributed by atoms with van der Waals surface area (Å²) in [6.07, 6.45) is 7.86. The predicted molar refractivity (Wildman–Crippen MR) is 132 cm³/mol. The van der Waals surface area contributed by atoms with Crippen LogP contribution in [0.1, 0.15) is 66.3 Å². The number of likely N-dealkylation sites (tertiary alicyclic amines) is 1. The molecule has 0 spiro atoms. The molecule has 1 aliphatic carbocycles. The summed E-state index contributed by atoms with van der Waals surface area (Å²) in [5.41, 5.74) is 1.79. The van der Waals surface area contributed by atoms with E-state index in [1.807, 2.05) is 18.0 Å². The first-order valence-corrected chi connectivity index (χ1v) is 13.5. The highest BCUT2D eigenvalue weighted by Crippen LogP contribution is 2.40. The van der Waals surface area contributed by atoms with Crippen molar-refractivity contribution in [3.05, 3.63) is 53.4 Å². The van der Waals surface area contributed by atoms with Crippen molar-refractivity contribution in [3.8, 4) is 0 Å². The van der Waals surface area contributed by atoms with E-state index in [0.717, 1.165) is 50.3 Å². The van der Waals surface area contributed by atoms with Crippen LogP contribution in [0.25, 0.3) is 0 Å². The third kappa shape index (κ3) is 6.19. The molecule has 1 amide bonds. The lowest BCUT2D eigenvalue weighted by Gasteiger charge is -2.40. The van der Waals surface area contributed by atoms with Crippen LogP contribution in [0.3, 0.4) is 0 Å². The van der Waals surface area contributed by atoms with Crippen LogP contribution in [0.2, 0.25) is 0 Å². The van der Waals surface area contributed by atoms with Gasteiger partial charge in [-0.2, -0.15) is 0 Å². The number of benzene rings is 1. The Morgan fingerprint density at radius 3 is 2.67 bits per heavy atom. The molecule has 1 aromatic carbocycles. The average Bonchev–Trinajstić information content (AvgIpc) is 3.56. The van der Waals surface area contributed by atoms with Gasteiger partial charge in [-0.25, -0.2) is 4.31 Å². The maximum atomic E-state index is 12.8. The summed E-state index contributed by atoms with van der Waals surface area (Å²) in [5, 5.41) is 7.28. The largest absolute Gasteiger partial charge is 0.360 e. The number of nitrogens with zero attached hydrogens (tertiary/aromatic N) is 3. The number of hydrogen-bond donors (Lipinski definition) is 1. The lowest BCUT2D eigenvalue weighted by atomic mass is 9.94. The van der Waals surface area contributed by atoms with Crippen molar-refractivity contribution in [3.63, 3.8) is 0 Å². The number of carbonyl (C=O) groups is 1. The number of aromatic nitrogens is 1. The first-order chi connectivity index (χ1) is 16.1. The van der Waals surface area contributed by atoms with Crippen molar-refractivity contribution in [2.75, 3.05) is 32.4 Å². The van der Waals surface area contributed by atoms with Gasteiger partial charge in [0.2, 0.25) is 0 Å². The molecular formula is C26H36N4O2S. The molecule has 178 valence electrons. The van der Waals surface area contributed by atoms with Gasteiger partial charge in [-0.15, -0.1) is 0 Å². The minimum Gasteiger partial charge on any atom is -0.360 e. The van der Waals surface area contributed by atoms with Gasteiger partial charge in [0.05, 0.1) is 0 Å². The fourth-order valence-corrected chi connectivity index (χ4v) is 6.39. The fraction of sp³-hybridized carbons (Fsp3) is 0.615. The molecule has 5 rings (SSSR count).